The first-order valence-electron chi connectivity index (χ1n) is 4.92. The average molecular weight is 322 g/mol. The molecule has 0 aromatic heterocycles. The van der Waals surface area contributed by atoms with Crippen molar-refractivity contribution in [1.29, 1.82) is 0 Å². The summed E-state index contributed by atoms with van der Waals surface area (Å²) in [6.07, 6.45) is -0.174. The molecule has 0 radical (unpaired) electrons. The highest BCUT2D eigenvalue weighted by atomic mass is 127. The molecule has 1 aromatic carbocycles. The highest BCUT2D eigenvalue weighted by Crippen LogP contribution is 2.27. The molecule has 1 unspecified atom stereocenters. The van der Waals surface area contributed by atoms with Gasteiger partial charge >= 0.3 is 0 Å². The van der Waals surface area contributed by atoms with Crippen LogP contribution in [0, 0.1) is 5.82 Å². The van der Waals surface area contributed by atoms with E-state index in [-0.39, 0.29) is 17.5 Å². The van der Waals surface area contributed by atoms with Gasteiger partial charge in [0.25, 0.3) is 0 Å². The quantitative estimate of drug-likeness (QED) is 0.601. The van der Waals surface area contributed by atoms with Crippen LogP contribution < -0.4 is 0 Å². The van der Waals surface area contributed by atoms with Crippen LogP contribution in [0.5, 0.6) is 0 Å². The molecule has 84 valence electrons. The van der Waals surface area contributed by atoms with Gasteiger partial charge in [0.1, 0.15) is 5.82 Å². The Labute approximate surface area is 104 Å². The SMILES string of the molecule is CC(C)(C)OC(CI)c1ccccc1F. The van der Waals surface area contributed by atoms with E-state index in [1.807, 2.05) is 26.8 Å². The first-order valence-corrected chi connectivity index (χ1v) is 6.45. The fourth-order valence-corrected chi connectivity index (χ4v) is 2.00. The van der Waals surface area contributed by atoms with Crippen LogP contribution in [0.25, 0.3) is 0 Å². The molecule has 1 atom stereocenters. The van der Waals surface area contributed by atoms with Gasteiger partial charge < -0.3 is 4.74 Å². The third-order valence-corrected chi connectivity index (χ3v) is 2.69. The fourth-order valence-electron chi connectivity index (χ4n) is 1.34. The van der Waals surface area contributed by atoms with Crippen LogP contribution in [-0.2, 0) is 4.74 Å². The molecule has 3 heteroatoms. The summed E-state index contributed by atoms with van der Waals surface area (Å²) in [5.74, 6) is -0.191. The average Bonchev–Trinajstić information content (AvgIpc) is 2.14. The van der Waals surface area contributed by atoms with Crippen molar-refractivity contribution in [1.82, 2.24) is 0 Å². The van der Waals surface area contributed by atoms with Crippen LogP contribution >= 0.6 is 22.6 Å². The van der Waals surface area contributed by atoms with Crippen molar-refractivity contribution in [2.24, 2.45) is 0 Å². The van der Waals surface area contributed by atoms with E-state index in [4.69, 9.17) is 4.74 Å². The zero-order valence-corrected chi connectivity index (χ0v) is 11.4. The molecule has 0 aliphatic rings. The van der Waals surface area contributed by atoms with E-state index in [0.29, 0.717) is 5.56 Å². The Morgan fingerprint density at radius 1 is 1.33 bits per heavy atom. The summed E-state index contributed by atoms with van der Waals surface area (Å²) < 4.78 is 20.1. The second-order valence-corrected chi connectivity index (χ2v) is 5.28. The molecule has 1 nitrogen and oxygen atoms in total. The zero-order chi connectivity index (χ0) is 11.5. The monoisotopic (exact) mass is 322 g/mol. The van der Waals surface area contributed by atoms with E-state index >= 15 is 0 Å². The fraction of sp³-hybridized carbons (Fsp3) is 0.500. The van der Waals surface area contributed by atoms with Gasteiger partial charge in [0.15, 0.2) is 0 Å². The van der Waals surface area contributed by atoms with E-state index in [1.165, 1.54) is 6.07 Å². The molecule has 0 heterocycles. The van der Waals surface area contributed by atoms with Crippen molar-refractivity contribution in [3.8, 4) is 0 Å². The molecule has 1 rings (SSSR count). The van der Waals surface area contributed by atoms with Gasteiger partial charge in [-0.05, 0) is 26.8 Å². The number of ether oxygens (including phenoxy) is 1. The summed E-state index contributed by atoms with van der Waals surface area (Å²) in [5, 5.41) is 0. The number of halogens is 2. The maximum absolute atomic E-state index is 13.5. The predicted octanol–water partition coefficient (Wildman–Crippen LogP) is 4.12. The van der Waals surface area contributed by atoms with Crippen molar-refractivity contribution >= 4 is 22.6 Å². The molecular weight excluding hydrogens is 306 g/mol. The van der Waals surface area contributed by atoms with Crippen molar-refractivity contribution in [2.45, 2.75) is 32.5 Å². The Morgan fingerprint density at radius 3 is 2.40 bits per heavy atom. The molecule has 0 saturated carbocycles. The maximum atomic E-state index is 13.5. The minimum atomic E-state index is -0.252. The molecule has 1 aromatic rings. The second kappa shape index (κ2) is 5.25. The standard InChI is InChI=1S/C12H16FIO/c1-12(2,3)15-11(8-14)9-6-4-5-7-10(9)13/h4-7,11H,8H2,1-3H3. The highest BCUT2D eigenvalue weighted by Gasteiger charge is 2.21. The minimum Gasteiger partial charge on any atom is -0.367 e. The summed E-state index contributed by atoms with van der Waals surface area (Å²) in [4.78, 5) is 0. The molecule has 0 fully saturated rings. The van der Waals surface area contributed by atoms with E-state index in [1.54, 1.807) is 12.1 Å². The van der Waals surface area contributed by atoms with Crippen LogP contribution in [0.15, 0.2) is 24.3 Å². The number of benzene rings is 1. The summed E-state index contributed by atoms with van der Waals surface area (Å²) in [6.45, 7) is 5.94. The molecule has 0 amide bonds. The largest absolute Gasteiger partial charge is 0.367 e. The number of hydrogen-bond acceptors (Lipinski definition) is 1. The van der Waals surface area contributed by atoms with Crippen LogP contribution in [0.3, 0.4) is 0 Å². The van der Waals surface area contributed by atoms with Gasteiger partial charge in [-0.2, -0.15) is 0 Å². The van der Waals surface area contributed by atoms with Crippen LogP contribution in [0.4, 0.5) is 4.39 Å². The van der Waals surface area contributed by atoms with Gasteiger partial charge in [-0.15, -0.1) is 0 Å². The van der Waals surface area contributed by atoms with Crippen molar-refractivity contribution in [3.63, 3.8) is 0 Å². The van der Waals surface area contributed by atoms with Crippen molar-refractivity contribution < 1.29 is 9.13 Å². The Morgan fingerprint density at radius 2 is 1.93 bits per heavy atom. The van der Waals surface area contributed by atoms with Crippen molar-refractivity contribution in [3.05, 3.63) is 35.6 Å². The molecule has 15 heavy (non-hydrogen) atoms. The third kappa shape index (κ3) is 4.07. The lowest BCUT2D eigenvalue weighted by Crippen LogP contribution is -2.24. The molecule has 0 N–H and O–H groups in total. The topological polar surface area (TPSA) is 9.23 Å². The van der Waals surface area contributed by atoms with Crippen LogP contribution in [-0.4, -0.2) is 10.0 Å². The molecule has 0 aliphatic carbocycles. The first-order chi connectivity index (χ1) is 6.94. The van der Waals surface area contributed by atoms with E-state index in [9.17, 15) is 4.39 Å². The molecule has 0 spiro atoms. The van der Waals surface area contributed by atoms with E-state index in [0.717, 1.165) is 4.43 Å². The molecule has 0 saturated heterocycles. The predicted molar refractivity (Wildman–Crippen MR) is 68.9 cm³/mol. The van der Waals surface area contributed by atoms with Crippen LogP contribution in [0.1, 0.15) is 32.4 Å². The summed E-state index contributed by atoms with van der Waals surface area (Å²) in [5.41, 5.74) is 0.389. The van der Waals surface area contributed by atoms with Gasteiger partial charge in [-0.25, -0.2) is 4.39 Å². The summed E-state index contributed by atoms with van der Waals surface area (Å²) in [6, 6.07) is 6.79. The molecular formula is C12H16FIO. The highest BCUT2D eigenvalue weighted by molar-refractivity contribution is 14.1. The normalized spacial score (nSPS) is 13.9. The molecule has 0 aliphatic heterocycles. The smallest absolute Gasteiger partial charge is 0.129 e. The number of rotatable bonds is 3. The lowest BCUT2D eigenvalue weighted by molar-refractivity contribution is -0.0506. The lowest BCUT2D eigenvalue weighted by atomic mass is 10.1. The van der Waals surface area contributed by atoms with E-state index in [2.05, 4.69) is 22.6 Å². The summed E-state index contributed by atoms with van der Waals surface area (Å²) in [7, 11) is 0. The number of hydrogen-bond donors (Lipinski definition) is 0. The molecule has 0 bridgehead atoms. The second-order valence-electron chi connectivity index (χ2n) is 4.39. The van der Waals surface area contributed by atoms with Gasteiger partial charge in [0, 0.05) is 9.99 Å². The minimum absolute atomic E-state index is 0.174. The Kier molecular flexibility index (Phi) is 4.52. The maximum Gasteiger partial charge on any atom is 0.129 e. The lowest BCUT2D eigenvalue weighted by Gasteiger charge is -2.26. The third-order valence-electron chi connectivity index (χ3n) is 1.89. The van der Waals surface area contributed by atoms with Crippen molar-refractivity contribution in [2.75, 3.05) is 4.43 Å². The van der Waals surface area contributed by atoms with Gasteiger partial charge in [0.2, 0.25) is 0 Å². The zero-order valence-electron chi connectivity index (χ0n) is 9.26. The first kappa shape index (κ1) is 12.9. The summed E-state index contributed by atoms with van der Waals surface area (Å²) >= 11 is 2.22. The van der Waals surface area contributed by atoms with Gasteiger partial charge in [0.05, 0.1) is 11.7 Å². The van der Waals surface area contributed by atoms with Crippen LogP contribution in [0.2, 0.25) is 0 Å². The van der Waals surface area contributed by atoms with Gasteiger partial charge in [-0.1, -0.05) is 40.8 Å². The Hall–Kier alpha value is -0.160. The van der Waals surface area contributed by atoms with Gasteiger partial charge in [-0.3, -0.25) is 0 Å². The Bertz CT molecular complexity index is 320. The van der Waals surface area contributed by atoms with E-state index < -0.39 is 0 Å². The number of alkyl halides is 1. The Balaban J connectivity index is 2.88.